The molecule has 0 N–H and O–H groups in total. The second-order valence-corrected chi connectivity index (χ2v) is 5.99. The van der Waals surface area contributed by atoms with Crippen molar-refractivity contribution >= 4 is 11.9 Å². The molecule has 0 aliphatic carbocycles. The van der Waals surface area contributed by atoms with E-state index in [2.05, 4.69) is 4.90 Å². The molecule has 1 amide bonds. The van der Waals surface area contributed by atoms with Gasteiger partial charge < -0.3 is 9.64 Å². The lowest BCUT2D eigenvalue weighted by Crippen LogP contribution is -2.47. The molecule has 2 saturated heterocycles. The van der Waals surface area contributed by atoms with Gasteiger partial charge in [0, 0.05) is 26.1 Å². The first-order valence-electron chi connectivity index (χ1n) is 8.41. The first-order valence-corrected chi connectivity index (χ1v) is 8.41. The summed E-state index contributed by atoms with van der Waals surface area (Å²) >= 11 is 0. The number of hydrogen-bond acceptors (Lipinski definition) is 4. The van der Waals surface area contributed by atoms with Gasteiger partial charge in [0.1, 0.15) is 6.04 Å². The Morgan fingerprint density at radius 2 is 1.76 bits per heavy atom. The van der Waals surface area contributed by atoms with Crippen molar-refractivity contribution in [2.75, 3.05) is 32.8 Å². The molecule has 2 rings (SSSR count). The molecule has 0 spiro atoms. The van der Waals surface area contributed by atoms with Crippen molar-refractivity contribution < 1.29 is 14.3 Å². The SMILES string of the molecule is CCOC(=O)C1CCCCN1CCC(=O)N1CCCCC1. The van der Waals surface area contributed by atoms with Crippen molar-refractivity contribution in [3.63, 3.8) is 0 Å². The molecule has 2 heterocycles. The number of nitrogens with zero attached hydrogens (tertiary/aromatic N) is 2. The van der Waals surface area contributed by atoms with E-state index in [1.54, 1.807) is 0 Å². The van der Waals surface area contributed by atoms with Crippen LogP contribution in [0.1, 0.15) is 51.9 Å². The third-order valence-electron chi connectivity index (χ3n) is 4.49. The minimum absolute atomic E-state index is 0.123. The lowest BCUT2D eigenvalue weighted by atomic mass is 10.0. The van der Waals surface area contributed by atoms with Gasteiger partial charge in [-0.15, -0.1) is 0 Å². The zero-order valence-corrected chi connectivity index (χ0v) is 13.2. The summed E-state index contributed by atoms with van der Waals surface area (Å²) in [5.74, 6) is 0.116. The largest absolute Gasteiger partial charge is 0.465 e. The summed E-state index contributed by atoms with van der Waals surface area (Å²) in [5, 5.41) is 0. The Kier molecular flexibility index (Phi) is 6.49. The van der Waals surface area contributed by atoms with Gasteiger partial charge in [-0.3, -0.25) is 14.5 Å². The van der Waals surface area contributed by atoms with Crippen LogP contribution in [0.5, 0.6) is 0 Å². The van der Waals surface area contributed by atoms with Crippen molar-refractivity contribution in [1.82, 2.24) is 9.80 Å². The van der Waals surface area contributed by atoms with Crippen molar-refractivity contribution in [2.24, 2.45) is 0 Å². The fraction of sp³-hybridized carbons (Fsp3) is 0.875. The van der Waals surface area contributed by atoms with Gasteiger partial charge in [0.15, 0.2) is 0 Å². The number of esters is 1. The number of ether oxygens (including phenoxy) is 1. The summed E-state index contributed by atoms with van der Waals surface area (Å²) in [7, 11) is 0. The maximum atomic E-state index is 12.2. The van der Waals surface area contributed by atoms with E-state index in [4.69, 9.17) is 4.74 Å². The lowest BCUT2D eigenvalue weighted by molar-refractivity contribution is -0.151. The molecule has 0 bridgehead atoms. The summed E-state index contributed by atoms with van der Waals surface area (Å²) < 4.78 is 5.16. The molecule has 2 aliphatic rings. The van der Waals surface area contributed by atoms with Crippen molar-refractivity contribution in [3.8, 4) is 0 Å². The molecule has 0 aromatic heterocycles. The van der Waals surface area contributed by atoms with Gasteiger partial charge >= 0.3 is 5.97 Å². The fourth-order valence-corrected chi connectivity index (χ4v) is 3.30. The number of carbonyl (C=O) groups excluding carboxylic acids is 2. The van der Waals surface area contributed by atoms with Crippen LogP contribution in [0.2, 0.25) is 0 Å². The van der Waals surface area contributed by atoms with Crippen LogP contribution in [0, 0.1) is 0 Å². The molecule has 5 heteroatoms. The second kappa shape index (κ2) is 8.37. The Morgan fingerprint density at radius 1 is 1.05 bits per heavy atom. The minimum atomic E-state index is -0.146. The Morgan fingerprint density at radius 3 is 2.48 bits per heavy atom. The van der Waals surface area contributed by atoms with Crippen LogP contribution < -0.4 is 0 Å². The van der Waals surface area contributed by atoms with Gasteiger partial charge in [-0.2, -0.15) is 0 Å². The number of hydrogen-bond donors (Lipinski definition) is 0. The Bertz CT molecular complexity index is 353. The molecule has 0 aromatic carbocycles. The second-order valence-electron chi connectivity index (χ2n) is 5.99. The molecular formula is C16H28N2O3. The number of rotatable bonds is 5. The van der Waals surface area contributed by atoms with Crippen molar-refractivity contribution in [2.45, 2.75) is 57.9 Å². The Labute approximate surface area is 127 Å². The van der Waals surface area contributed by atoms with Crippen LogP contribution in [-0.2, 0) is 14.3 Å². The van der Waals surface area contributed by atoms with E-state index in [0.29, 0.717) is 19.6 Å². The molecule has 0 radical (unpaired) electrons. The molecule has 2 aliphatic heterocycles. The fourth-order valence-electron chi connectivity index (χ4n) is 3.30. The zero-order chi connectivity index (χ0) is 15.1. The quantitative estimate of drug-likeness (QED) is 0.726. The number of piperidine rings is 2. The highest BCUT2D eigenvalue weighted by Gasteiger charge is 2.30. The van der Waals surface area contributed by atoms with Crippen LogP contribution in [0.25, 0.3) is 0 Å². The predicted octanol–water partition coefficient (Wildman–Crippen LogP) is 1.81. The van der Waals surface area contributed by atoms with E-state index in [1.165, 1.54) is 6.42 Å². The average molecular weight is 296 g/mol. The van der Waals surface area contributed by atoms with Crippen LogP contribution >= 0.6 is 0 Å². The van der Waals surface area contributed by atoms with Gasteiger partial charge in [0.05, 0.1) is 6.61 Å². The normalized spacial score (nSPS) is 23.9. The van der Waals surface area contributed by atoms with E-state index >= 15 is 0 Å². The van der Waals surface area contributed by atoms with Crippen LogP contribution in [-0.4, -0.2) is 60.5 Å². The number of amides is 1. The Hall–Kier alpha value is -1.10. The molecule has 2 fully saturated rings. The summed E-state index contributed by atoms with van der Waals surface area (Å²) in [6, 6.07) is -0.146. The van der Waals surface area contributed by atoms with Crippen LogP contribution in [0.3, 0.4) is 0 Å². The molecule has 0 saturated carbocycles. The first-order chi connectivity index (χ1) is 10.2. The molecular weight excluding hydrogens is 268 g/mol. The molecule has 5 nitrogen and oxygen atoms in total. The zero-order valence-electron chi connectivity index (χ0n) is 13.2. The molecule has 21 heavy (non-hydrogen) atoms. The van der Waals surface area contributed by atoms with Gasteiger partial charge in [-0.05, 0) is 45.6 Å². The summed E-state index contributed by atoms with van der Waals surface area (Å²) in [4.78, 5) is 28.3. The van der Waals surface area contributed by atoms with Gasteiger partial charge in [0.25, 0.3) is 0 Å². The third-order valence-corrected chi connectivity index (χ3v) is 4.49. The first kappa shape index (κ1) is 16.3. The molecule has 120 valence electrons. The van der Waals surface area contributed by atoms with Gasteiger partial charge in [0.2, 0.25) is 5.91 Å². The highest BCUT2D eigenvalue weighted by atomic mass is 16.5. The number of likely N-dealkylation sites (tertiary alicyclic amines) is 2. The third kappa shape index (κ3) is 4.70. The minimum Gasteiger partial charge on any atom is -0.465 e. The van der Waals surface area contributed by atoms with Gasteiger partial charge in [-0.25, -0.2) is 0 Å². The average Bonchev–Trinajstić information content (AvgIpc) is 2.54. The molecule has 0 aromatic rings. The smallest absolute Gasteiger partial charge is 0.323 e. The van der Waals surface area contributed by atoms with E-state index in [0.717, 1.165) is 51.7 Å². The van der Waals surface area contributed by atoms with Crippen LogP contribution in [0.4, 0.5) is 0 Å². The maximum Gasteiger partial charge on any atom is 0.323 e. The van der Waals surface area contributed by atoms with Crippen molar-refractivity contribution in [1.29, 1.82) is 0 Å². The highest BCUT2D eigenvalue weighted by molar-refractivity contribution is 5.77. The maximum absolute atomic E-state index is 12.2. The predicted molar refractivity (Wildman–Crippen MR) is 80.9 cm³/mol. The van der Waals surface area contributed by atoms with E-state index < -0.39 is 0 Å². The summed E-state index contributed by atoms with van der Waals surface area (Å²) in [6.07, 6.45) is 7.04. The van der Waals surface area contributed by atoms with Crippen LogP contribution in [0.15, 0.2) is 0 Å². The van der Waals surface area contributed by atoms with E-state index in [9.17, 15) is 9.59 Å². The molecule has 1 unspecified atom stereocenters. The molecule has 1 atom stereocenters. The Balaban J connectivity index is 1.81. The number of carbonyl (C=O) groups is 2. The van der Waals surface area contributed by atoms with Crippen molar-refractivity contribution in [3.05, 3.63) is 0 Å². The van der Waals surface area contributed by atoms with E-state index in [-0.39, 0.29) is 17.9 Å². The van der Waals surface area contributed by atoms with E-state index in [1.807, 2.05) is 11.8 Å². The van der Waals surface area contributed by atoms with Gasteiger partial charge in [-0.1, -0.05) is 6.42 Å². The lowest BCUT2D eigenvalue weighted by Gasteiger charge is -2.34. The summed E-state index contributed by atoms with van der Waals surface area (Å²) in [5.41, 5.74) is 0. The standard InChI is InChI=1S/C16H28N2O3/c1-2-21-16(20)14-8-4-7-10-17(14)13-9-15(19)18-11-5-3-6-12-18/h14H,2-13H2,1H3. The summed E-state index contributed by atoms with van der Waals surface area (Å²) in [6.45, 7) is 5.65. The highest BCUT2D eigenvalue weighted by Crippen LogP contribution is 2.19. The monoisotopic (exact) mass is 296 g/mol. The topological polar surface area (TPSA) is 49.9 Å².